The van der Waals surface area contributed by atoms with Gasteiger partial charge in [-0.3, -0.25) is 0 Å². The fourth-order valence-corrected chi connectivity index (χ4v) is 3.51. The van der Waals surface area contributed by atoms with Crippen LogP contribution in [0.5, 0.6) is 5.75 Å². The first-order valence-electron chi connectivity index (χ1n) is 7.67. The number of aryl methyl sites for hydroxylation is 1. The molecule has 0 atom stereocenters. The Bertz CT molecular complexity index is 763. The number of benzene rings is 1. The normalized spacial score (nSPS) is 10.9. The Morgan fingerprint density at radius 2 is 2.09 bits per heavy atom. The van der Waals surface area contributed by atoms with Crippen molar-refractivity contribution in [1.82, 2.24) is 14.9 Å². The van der Waals surface area contributed by atoms with Crippen LogP contribution in [0.4, 0.5) is 0 Å². The molecule has 0 aliphatic rings. The van der Waals surface area contributed by atoms with E-state index in [2.05, 4.69) is 46.3 Å². The van der Waals surface area contributed by atoms with E-state index in [4.69, 9.17) is 4.74 Å². The van der Waals surface area contributed by atoms with E-state index in [9.17, 15) is 0 Å². The number of hydrogen-bond acceptors (Lipinski definition) is 4. The predicted octanol–water partition coefficient (Wildman–Crippen LogP) is 3.49. The molecule has 0 bridgehead atoms. The molecule has 3 aromatic rings. The molecule has 2 aromatic heterocycles. The Kier molecular flexibility index (Phi) is 5.10. The SMILES string of the molecule is COc1ccccc1CCNCc1ncc(-c2cccn2C)s1. The third kappa shape index (κ3) is 3.81. The number of nitrogens with zero attached hydrogens (tertiary/aromatic N) is 2. The fraction of sp³-hybridized carbons (Fsp3) is 0.278. The van der Waals surface area contributed by atoms with Crippen molar-refractivity contribution in [2.75, 3.05) is 13.7 Å². The topological polar surface area (TPSA) is 39.1 Å². The number of hydrogen-bond donors (Lipinski definition) is 1. The summed E-state index contributed by atoms with van der Waals surface area (Å²) in [6, 6.07) is 12.3. The zero-order valence-corrected chi connectivity index (χ0v) is 14.3. The van der Waals surface area contributed by atoms with Crippen LogP contribution in [-0.4, -0.2) is 23.2 Å². The molecule has 0 aliphatic heterocycles. The minimum atomic E-state index is 0.796. The molecule has 23 heavy (non-hydrogen) atoms. The monoisotopic (exact) mass is 327 g/mol. The van der Waals surface area contributed by atoms with E-state index in [0.29, 0.717) is 0 Å². The van der Waals surface area contributed by atoms with Crippen LogP contribution in [0, 0.1) is 0 Å². The van der Waals surface area contributed by atoms with Crippen LogP contribution in [0.1, 0.15) is 10.6 Å². The van der Waals surface area contributed by atoms with Gasteiger partial charge in [0.25, 0.3) is 0 Å². The van der Waals surface area contributed by atoms with Gasteiger partial charge in [-0.15, -0.1) is 11.3 Å². The Morgan fingerprint density at radius 1 is 1.22 bits per heavy atom. The summed E-state index contributed by atoms with van der Waals surface area (Å²) < 4.78 is 7.49. The van der Waals surface area contributed by atoms with E-state index in [1.807, 2.05) is 24.4 Å². The highest BCUT2D eigenvalue weighted by Crippen LogP contribution is 2.26. The van der Waals surface area contributed by atoms with E-state index < -0.39 is 0 Å². The molecule has 5 heteroatoms. The number of aromatic nitrogens is 2. The standard InChI is InChI=1S/C18H21N3OS/c1-21-11-5-7-15(21)17-12-20-18(23-17)13-19-10-9-14-6-3-4-8-16(14)22-2/h3-8,11-12,19H,9-10,13H2,1-2H3. The Balaban J connectivity index is 1.52. The van der Waals surface area contributed by atoms with Gasteiger partial charge in [0.05, 0.1) is 17.7 Å². The molecule has 0 amide bonds. The van der Waals surface area contributed by atoms with Crippen molar-refractivity contribution in [1.29, 1.82) is 0 Å². The van der Waals surface area contributed by atoms with Gasteiger partial charge in [-0.1, -0.05) is 18.2 Å². The van der Waals surface area contributed by atoms with Crippen molar-refractivity contribution >= 4 is 11.3 Å². The van der Waals surface area contributed by atoms with Gasteiger partial charge in [0.15, 0.2) is 0 Å². The van der Waals surface area contributed by atoms with Crippen molar-refractivity contribution in [2.45, 2.75) is 13.0 Å². The number of methoxy groups -OCH3 is 1. The van der Waals surface area contributed by atoms with Gasteiger partial charge in [0.2, 0.25) is 0 Å². The Hall–Kier alpha value is -2.11. The molecule has 0 saturated heterocycles. The number of rotatable bonds is 7. The zero-order chi connectivity index (χ0) is 16.1. The Morgan fingerprint density at radius 3 is 2.87 bits per heavy atom. The Labute approximate surface area is 140 Å². The molecule has 0 saturated carbocycles. The highest BCUT2D eigenvalue weighted by atomic mass is 32.1. The molecule has 0 unspecified atom stereocenters. The van der Waals surface area contributed by atoms with Crippen molar-refractivity contribution in [3.63, 3.8) is 0 Å². The summed E-state index contributed by atoms with van der Waals surface area (Å²) in [7, 11) is 3.77. The van der Waals surface area contributed by atoms with Gasteiger partial charge < -0.3 is 14.6 Å². The second-order valence-corrected chi connectivity index (χ2v) is 6.48. The smallest absolute Gasteiger partial charge is 0.122 e. The molecule has 2 heterocycles. The first-order valence-corrected chi connectivity index (χ1v) is 8.48. The van der Waals surface area contributed by atoms with Crippen LogP contribution in [0.2, 0.25) is 0 Å². The highest BCUT2D eigenvalue weighted by Gasteiger charge is 2.07. The molecule has 1 N–H and O–H groups in total. The van der Waals surface area contributed by atoms with Crippen molar-refractivity contribution in [3.05, 3.63) is 59.4 Å². The maximum absolute atomic E-state index is 5.38. The summed E-state index contributed by atoms with van der Waals surface area (Å²) in [6.07, 6.45) is 4.96. The van der Waals surface area contributed by atoms with E-state index in [1.165, 1.54) is 16.1 Å². The van der Waals surface area contributed by atoms with Gasteiger partial charge in [-0.05, 0) is 36.7 Å². The van der Waals surface area contributed by atoms with Crippen LogP contribution in [-0.2, 0) is 20.0 Å². The summed E-state index contributed by atoms with van der Waals surface area (Å²) in [4.78, 5) is 5.72. The third-order valence-electron chi connectivity index (χ3n) is 3.79. The molecule has 1 aromatic carbocycles. The molecule has 3 rings (SSSR count). The zero-order valence-electron chi connectivity index (χ0n) is 13.5. The molecule has 0 aliphatic carbocycles. The van der Waals surface area contributed by atoms with Gasteiger partial charge in [-0.2, -0.15) is 0 Å². The average Bonchev–Trinajstić information content (AvgIpc) is 3.20. The number of ether oxygens (including phenoxy) is 1. The molecular weight excluding hydrogens is 306 g/mol. The summed E-state index contributed by atoms with van der Waals surface area (Å²) in [5, 5.41) is 4.57. The highest BCUT2D eigenvalue weighted by molar-refractivity contribution is 7.15. The lowest BCUT2D eigenvalue weighted by atomic mass is 10.1. The molecular formula is C18H21N3OS. The van der Waals surface area contributed by atoms with E-state index >= 15 is 0 Å². The van der Waals surface area contributed by atoms with Crippen molar-refractivity contribution in [3.8, 4) is 16.3 Å². The van der Waals surface area contributed by atoms with Gasteiger partial charge in [0, 0.05) is 26.0 Å². The summed E-state index contributed by atoms with van der Waals surface area (Å²) in [5.74, 6) is 0.953. The maximum Gasteiger partial charge on any atom is 0.122 e. The van der Waals surface area contributed by atoms with Crippen molar-refractivity contribution in [2.24, 2.45) is 7.05 Å². The van der Waals surface area contributed by atoms with E-state index in [-0.39, 0.29) is 0 Å². The lowest BCUT2D eigenvalue weighted by Crippen LogP contribution is -2.16. The second kappa shape index (κ2) is 7.44. The molecule has 4 nitrogen and oxygen atoms in total. The van der Waals surface area contributed by atoms with Crippen LogP contribution in [0.3, 0.4) is 0 Å². The van der Waals surface area contributed by atoms with Crippen molar-refractivity contribution < 1.29 is 4.74 Å². The summed E-state index contributed by atoms with van der Waals surface area (Å²) in [5.41, 5.74) is 2.44. The fourth-order valence-electron chi connectivity index (χ4n) is 2.56. The van der Waals surface area contributed by atoms with E-state index in [0.717, 1.165) is 30.3 Å². The number of para-hydroxylation sites is 1. The predicted molar refractivity (Wildman–Crippen MR) is 94.9 cm³/mol. The second-order valence-electron chi connectivity index (χ2n) is 5.36. The first kappa shape index (κ1) is 15.8. The molecule has 0 radical (unpaired) electrons. The lowest BCUT2D eigenvalue weighted by Gasteiger charge is -2.08. The molecule has 0 fully saturated rings. The minimum absolute atomic E-state index is 0.796. The molecule has 0 spiro atoms. The van der Waals surface area contributed by atoms with Crippen LogP contribution in [0.15, 0.2) is 48.8 Å². The minimum Gasteiger partial charge on any atom is -0.496 e. The quantitative estimate of drug-likeness (QED) is 0.675. The van der Waals surface area contributed by atoms with Gasteiger partial charge in [-0.25, -0.2) is 4.98 Å². The summed E-state index contributed by atoms with van der Waals surface area (Å²) >= 11 is 1.74. The number of nitrogens with one attached hydrogen (secondary N) is 1. The maximum atomic E-state index is 5.38. The van der Waals surface area contributed by atoms with Gasteiger partial charge >= 0.3 is 0 Å². The van der Waals surface area contributed by atoms with Gasteiger partial charge in [0.1, 0.15) is 10.8 Å². The van der Waals surface area contributed by atoms with E-state index in [1.54, 1.807) is 18.4 Å². The number of thiazole rings is 1. The van der Waals surface area contributed by atoms with Crippen LogP contribution >= 0.6 is 11.3 Å². The average molecular weight is 327 g/mol. The third-order valence-corrected chi connectivity index (χ3v) is 4.81. The largest absolute Gasteiger partial charge is 0.496 e. The first-order chi connectivity index (χ1) is 11.3. The van der Waals surface area contributed by atoms with Crippen LogP contribution in [0.25, 0.3) is 10.6 Å². The molecule has 120 valence electrons. The summed E-state index contributed by atoms with van der Waals surface area (Å²) in [6.45, 7) is 1.70. The lowest BCUT2D eigenvalue weighted by molar-refractivity contribution is 0.409. The van der Waals surface area contributed by atoms with Crippen LogP contribution < -0.4 is 10.1 Å².